The first-order chi connectivity index (χ1) is 17.7. The third kappa shape index (κ3) is 4.20. The van der Waals surface area contributed by atoms with Crippen LogP contribution in [0.1, 0.15) is 39.2 Å². The zero-order valence-corrected chi connectivity index (χ0v) is 22.0. The highest BCUT2D eigenvalue weighted by molar-refractivity contribution is 5.98. The lowest BCUT2D eigenvalue weighted by atomic mass is 9.62. The third-order valence-electron chi connectivity index (χ3n) is 8.54. The average molecular weight is 511 g/mol. The molecular weight excluding hydrogens is 472 g/mol. The van der Waals surface area contributed by atoms with Crippen LogP contribution in [0.5, 0.6) is 0 Å². The summed E-state index contributed by atoms with van der Waals surface area (Å²) in [4.78, 5) is 45.0. The Hall–Kier alpha value is -2.97. The molecule has 0 saturated carbocycles. The summed E-state index contributed by atoms with van der Waals surface area (Å²) in [5, 5.41) is 10.2. The van der Waals surface area contributed by atoms with Gasteiger partial charge >= 0.3 is 5.97 Å². The minimum Gasteiger partial charge on any atom is -0.461 e. The van der Waals surface area contributed by atoms with Crippen molar-refractivity contribution in [2.24, 2.45) is 17.8 Å². The number of fused-ring (bicyclic) bond motifs is 1. The van der Waals surface area contributed by atoms with Gasteiger partial charge in [0, 0.05) is 13.1 Å². The summed E-state index contributed by atoms with van der Waals surface area (Å²) in [5.74, 6) is -2.96. The fourth-order valence-corrected chi connectivity index (χ4v) is 6.72. The van der Waals surface area contributed by atoms with Crippen LogP contribution in [0, 0.1) is 17.8 Å². The third-order valence-corrected chi connectivity index (χ3v) is 8.54. The number of rotatable bonds is 11. The van der Waals surface area contributed by atoms with Crippen LogP contribution in [0.3, 0.4) is 0 Å². The molecule has 3 saturated heterocycles. The number of hydrogen-bond acceptors (Lipinski definition) is 6. The first-order valence-electron chi connectivity index (χ1n) is 13.0. The number of aliphatic hydroxyl groups is 1. The van der Waals surface area contributed by atoms with Crippen molar-refractivity contribution in [2.75, 3.05) is 19.8 Å². The van der Waals surface area contributed by atoms with Crippen molar-refractivity contribution in [1.29, 1.82) is 0 Å². The molecule has 7 atom stereocenters. The average Bonchev–Trinajstić information content (AvgIpc) is 3.40. The number of amides is 2. The summed E-state index contributed by atoms with van der Waals surface area (Å²) >= 11 is 0. The largest absolute Gasteiger partial charge is 0.461 e. The summed E-state index contributed by atoms with van der Waals surface area (Å²) in [7, 11) is 0. The second kappa shape index (κ2) is 10.4. The first kappa shape index (κ1) is 27.1. The number of hydrogen-bond donors (Lipinski definition) is 1. The van der Waals surface area contributed by atoms with E-state index >= 15 is 0 Å². The zero-order chi connectivity index (χ0) is 27.0. The van der Waals surface area contributed by atoms with Gasteiger partial charge in [0.2, 0.25) is 11.8 Å². The molecule has 1 spiro atoms. The Labute approximate surface area is 218 Å². The Morgan fingerprint density at radius 1 is 1.30 bits per heavy atom. The minimum absolute atomic E-state index is 0.0260. The smallest absolute Gasteiger partial charge is 0.313 e. The van der Waals surface area contributed by atoms with Crippen molar-refractivity contribution >= 4 is 17.8 Å². The maximum atomic E-state index is 14.4. The van der Waals surface area contributed by atoms with Gasteiger partial charge in [0.15, 0.2) is 0 Å². The van der Waals surface area contributed by atoms with E-state index in [0.29, 0.717) is 19.4 Å². The summed E-state index contributed by atoms with van der Waals surface area (Å²) in [6, 6.07) is 8.05. The van der Waals surface area contributed by atoms with E-state index in [1.165, 1.54) is 11.0 Å². The Morgan fingerprint density at radius 2 is 2.00 bits per heavy atom. The molecule has 0 aliphatic carbocycles. The maximum absolute atomic E-state index is 14.4. The molecule has 8 heteroatoms. The second-order valence-corrected chi connectivity index (χ2v) is 10.6. The molecule has 3 fully saturated rings. The van der Waals surface area contributed by atoms with E-state index < -0.39 is 41.1 Å². The second-order valence-electron chi connectivity index (χ2n) is 10.6. The van der Waals surface area contributed by atoms with Crippen LogP contribution < -0.4 is 0 Å². The van der Waals surface area contributed by atoms with Gasteiger partial charge in [0.05, 0.1) is 24.2 Å². The van der Waals surface area contributed by atoms with Crippen LogP contribution >= 0.6 is 0 Å². The van der Waals surface area contributed by atoms with E-state index in [1.54, 1.807) is 11.0 Å². The number of likely N-dealkylation sites (tertiary alicyclic amines) is 1. The van der Waals surface area contributed by atoms with Gasteiger partial charge in [-0.15, -0.1) is 6.58 Å². The van der Waals surface area contributed by atoms with E-state index in [0.717, 1.165) is 5.56 Å². The van der Waals surface area contributed by atoms with E-state index in [-0.39, 0.29) is 37.5 Å². The van der Waals surface area contributed by atoms with Gasteiger partial charge in [0.1, 0.15) is 24.2 Å². The molecule has 37 heavy (non-hydrogen) atoms. The minimum atomic E-state index is -1.20. The highest BCUT2D eigenvalue weighted by atomic mass is 16.6. The van der Waals surface area contributed by atoms with Gasteiger partial charge < -0.3 is 24.4 Å². The van der Waals surface area contributed by atoms with Crippen molar-refractivity contribution in [3.8, 4) is 0 Å². The Morgan fingerprint density at radius 3 is 2.59 bits per heavy atom. The normalized spacial score (nSPS) is 32.6. The van der Waals surface area contributed by atoms with Gasteiger partial charge in [-0.2, -0.15) is 0 Å². The van der Waals surface area contributed by atoms with Crippen molar-refractivity contribution in [3.63, 3.8) is 0 Å². The topological polar surface area (TPSA) is 96.4 Å². The predicted octanol–water partition coefficient (Wildman–Crippen LogP) is 2.71. The van der Waals surface area contributed by atoms with Gasteiger partial charge in [0.25, 0.3) is 0 Å². The van der Waals surface area contributed by atoms with Crippen molar-refractivity contribution in [1.82, 2.24) is 9.80 Å². The Balaban J connectivity index is 1.81. The van der Waals surface area contributed by atoms with Gasteiger partial charge in [-0.25, -0.2) is 0 Å². The fourth-order valence-electron chi connectivity index (χ4n) is 6.72. The fraction of sp³-hybridized carbons (Fsp3) is 0.552. The van der Waals surface area contributed by atoms with Gasteiger partial charge in [-0.1, -0.05) is 62.9 Å². The predicted molar refractivity (Wildman–Crippen MR) is 138 cm³/mol. The van der Waals surface area contributed by atoms with Crippen molar-refractivity contribution < 1.29 is 29.0 Å². The Kier molecular flexibility index (Phi) is 7.62. The van der Waals surface area contributed by atoms with Crippen LogP contribution in [-0.4, -0.2) is 75.7 Å². The highest BCUT2D eigenvalue weighted by Crippen LogP contribution is 2.65. The molecule has 1 aromatic rings. The monoisotopic (exact) mass is 510 g/mol. The number of esters is 1. The molecule has 1 aromatic carbocycles. The molecule has 3 aliphatic rings. The standard InChI is InChI=1S/C29H38N2O6/c1-6-14-30(17-20-12-10-9-11-13-20)26(34)24-29-16-19(4)28(5,37-29)23(27(35)36-15-7-2)22(29)25(33)31(24)21(8-3)18-32/h6-7,9-13,19,21-24,32H,1-2,8,14-18H2,3-5H3/t19?,21-,22-,23-,24?,28+,29?/m0/s1. The number of carbonyl (C=O) groups excluding carboxylic acids is 3. The molecule has 3 aliphatic heterocycles. The van der Waals surface area contributed by atoms with Crippen molar-refractivity contribution in [2.45, 2.75) is 63.4 Å². The lowest BCUT2D eigenvalue weighted by molar-refractivity contribution is -0.163. The first-order valence-corrected chi connectivity index (χ1v) is 13.0. The highest BCUT2D eigenvalue weighted by Gasteiger charge is 2.80. The molecular formula is C29H38N2O6. The van der Waals surface area contributed by atoms with Crippen molar-refractivity contribution in [3.05, 3.63) is 61.2 Å². The van der Waals surface area contributed by atoms with Crippen LogP contribution in [-0.2, 0) is 30.4 Å². The summed E-state index contributed by atoms with van der Waals surface area (Å²) in [6.07, 6.45) is 4.05. The molecule has 4 rings (SSSR count). The molecule has 1 N–H and O–H groups in total. The lowest BCUT2D eigenvalue weighted by Gasteiger charge is -2.39. The van der Waals surface area contributed by atoms with Crippen LogP contribution in [0.15, 0.2) is 55.6 Å². The zero-order valence-electron chi connectivity index (χ0n) is 22.0. The number of nitrogens with zero attached hydrogens (tertiary/aromatic N) is 2. The lowest BCUT2D eigenvalue weighted by Crippen LogP contribution is -2.58. The van der Waals surface area contributed by atoms with Crippen LogP contribution in [0.4, 0.5) is 0 Å². The Bertz CT molecular complexity index is 1060. The number of benzene rings is 1. The SMILES string of the molecule is C=CCOC(=O)[C@@H]1[C@H]2C(=O)N([C@@H](CC)CO)C(C(=O)N(CC=C)Cc3ccccc3)C23CC(C)[C@@]1(C)O3. The van der Waals surface area contributed by atoms with Gasteiger partial charge in [-0.05, 0) is 31.2 Å². The van der Waals surface area contributed by atoms with E-state index in [1.807, 2.05) is 51.1 Å². The van der Waals surface area contributed by atoms with Gasteiger partial charge in [-0.3, -0.25) is 14.4 Å². The molecule has 2 amide bonds. The molecule has 2 bridgehead atoms. The van der Waals surface area contributed by atoms with E-state index in [4.69, 9.17) is 9.47 Å². The molecule has 0 aromatic heterocycles. The summed E-state index contributed by atoms with van der Waals surface area (Å²) < 4.78 is 12.1. The maximum Gasteiger partial charge on any atom is 0.313 e. The molecule has 3 unspecified atom stereocenters. The van der Waals surface area contributed by atoms with Crippen LogP contribution in [0.25, 0.3) is 0 Å². The number of ether oxygens (including phenoxy) is 2. The van der Waals surface area contributed by atoms with E-state index in [9.17, 15) is 19.5 Å². The van der Waals surface area contributed by atoms with E-state index in [2.05, 4.69) is 13.2 Å². The number of carbonyl (C=O) groups is 3. The quantitative estimate of drug-likeness (QED) is 0.363. The molecule has 0 radical (unpaired) electrons. The summed E-state index contributed by atoms with van der Waals surface area (Å²) in [6.45, 7) is 13.5. The molecule has 8 nitrogen and oxygen atoms in total. The number of aliphatic hydroxyl groups excluding tert-OH is 1. The molecule has 3 heterocycles. The molecule has 200 valence electrons. The summed E-state index contributed by atoms with van der Waals surface area (Å²) in [5.41, 5.74) is -1.20. The van der Waals surface area contributed by atoms with Crippen LogP contribution in [0.2, 0.25) is 0 Å².